The number of nitrogens with one attached hydrogen (secondary N) is 3. The van der Waals surface area contributed by atoms with E-state index in [1.165, 1.54) is 19.4 Å². The van der Waals surface area contributed by atoms with Crippen molar-refractivity contribution in [3.05, 3.63) is 53.7 Å². The van der Waals surface area contributed by atoms with Crippen LogP contribution in [0.3, 0.4) is 0 Å². The van der Waals surface area contributed by atoms with Gasteiger partial charge in [0.15, 0.2) is 5.78 Å². The molecule has 180 valence electrons. The van der Waals surface area contributed by atoms with Gasteiger partial charge in [0.05, 0.1) is 12.7 Å². The van der Waals surface area contributed by atoms with E-state index in [1.54, 1.807) is 18.2 Å². The van der Waals surface area contributed by atoms with Crippen LogP contribution in [-0.4, -0.2) is 40.7 Å². The molecule has 10 heteroatoms. The molecule has 10 nitrogen and oxygen atoms in total. The summed E-state index contributed by atoms with van der Waals surface area (Å²) < 4.78 is 0. The highest BCUT2D eigenvalue weighted by molar-refractivity contribution is 5.97. The van der Waals surface area contributed by atoms with Crippen molar-refractivity contribution < 1.29 is 19.2 Å². The third-order valence-electron chi connectivity index (χ3n) is 5.92. The first-order valence-electron chi connectivity index (χ1n) is 11.1. The number of allylic oxidation sites excluding steroid dienone is 1. The average molecular weight is 467 g/mol. The highest BCUT2D eigenvalue weighted by Gasteiger charge is 2.28. The third-order valence-corrected chi connectivity index (χ3v) is 5.92. The van der Waals surface area contributed by atoms with Crippen molar-refractivity contribution in [1.29, 1.82) is 0 Å². The molecule has 0 bridgehead atoms. The molecule has 1 aliphatic rings. The second-order valence-corrected chi connectivity index (χ2v) is 8.28. The monoisotopic (exact) mass is 466 g/mol. The fourth-order valence-electron chi connectivity index (χ4n) is 4.06. The fraction of sp³-hybridized carbons (Fsp3) is 0.375. The lowest BCUT2D eigenvalue weighted by Gasteiger charge is -2.32. The molecular weight excluding hydrogens is 436 g/mol. The Balaban J connectivity index is 1.87. The first-order chi connectivity index (χ1) is 16.3. The smallest absolute Gasteiger partial charge is 0.274 e. The number of rotatable bonds is 10. The number of aryl methyl sites for hydroxylation is 1. The molecular formula is C24H30N6O4. The zero-order valence-corrected chi connectivity index (χ0v) is 19.4. The molecule has 1 heterocycles. The van der Waals surface area contributed by atoms with Crippen molar-refractivity contribution in [3.8, 4) is 0 Å². The number of nitrogens with zero attached hydrogens (tertiary/aromatic N) is 2. The minimum Gasteiger partial charge on any atom is -0.366 e. The van der Waals surface area contributed by atoms with E-state index in [1.807, 2.05) is 6.92 Å². The van der Waals surface area contributed by atoms with Gasteiger partial charge in [-0.25, -0.2) is 10.5 Å². The van der Waals surface area contributed by atoms with E-state index in [-0.39, 0.29) is 29.3 Å². The van der Waals surface area contributed by atoms with Crippen molar-refractivity contribution >= 4 is 35.1 Å². The fourth-order valence-corrected chi connectivity index (χ4v) is 4.06. The van der Waals surface area contributed by atoms with Gasteiger partial charge in [-0.15, -0.1) is 0 Å². The first kappa shape index (κ1) is 24.8. The van der Waals surface area contributed by atoms with Crippen LogP contribution in [0.5, 0.6) is 0 Å². The van der Waals surface area contributed by atoms with E-state index in [4.69, 9.17) is 5.73 Å². The summed E-state index contributed by atoms with van der Waals surface area (Å²) in [4.78, 5) is 49.5. The van der Waals surface area contributed by atoms with Crippen LogP contribution in [-0.2, 0) is 9.63 Å². The molecule has 2 atom stereocenters. The van der Waals surface area contributed by atoms with Crippen molar-refractivity contribution in [2.75, 3.05) is 17.7 Å². The van der Waals surface area contributed by atoms with Crippen LogP contribution in [0.15, 0.2) is 37.1 Å². The quantitative estimate of drug-likeness (QED) is 0.308. The molecule has 0 radical (unpaired) electrons. The number of carbonyl (C=O) groups excluding carboxylic acids is 3. The number of hydroxylamine groups is 1. The molecule has 2 unspecified atom stereocenters. The molecule has 2 aromatic rings. The molecule has 34 heavy (non-hydrogen) atoms. The van der Waals surface area contributed by atoms with Gasteiger partial charge in [0.1, 0.15) is 5.82 Å². The standard InChI is InChI=1S/C24H30N6O4/c1-4-17(31)11-15-7-5-6-8-19(15)27-22-18(21(25)32)13-26-24(29-22)28-20-12-16(10-9-14(20)2)23(33)30-34-3/h4,9-10,12-13,15,19H,1,5-8,11H2,2-3H3,(H2,25,32)(H,30,33)(H2,26,27,28,29). The number of carbonyl (C=O) groups is 3. The highest BCUT2D eigenvalue weighted by atomic mass is 16.6. The Morgan fingerprint density at radius 2 is 2.03 bits per heavy atom. The SMILES string of the molecule is C=CC(=O)CC1CCCCC1Nc1nc(Nc2cc(C(=O)NOC)ccc2C)ncc1C(N)=O. The predicted molar refractivity (Wildman–Crippen MR) is 129 cm³/mol. The molecule has 2 amide bonds. The summed E-state index contributed by atoms with van der Waals surface area (Å²) in [5.74, 6) is -0.419. The Hall–Kier alpha value is -3.79. The molecule has 0 aliphatic heterocycles. The Morgan fingerprint density at radius 1 is 1.26 bits per heavy atom. The summed E-state index contributed by atoms with van der Waals surface area (Å²) >= 11 is 0. The molecule has 0 saturated heterocycles. The second-order valence-electron chi connectivity index (χ2n) is 8.28. The van der Waals surface area contributed by atoms with Crippen LogP contribution in [0.25, 0.3) is 0 Å². The number of amides is 2. The molecule has 1 fully saturated rings. The van der Waals surface area contributed by atoms with Gasteiger partial charge in [-0.3, -0.25) is 19.2 Å². The molecule has 5 N–H and O–H groups in total. The van der Waals surface area contributed by atoms with Gasteiger partial charge in [-0.1, -0.05) is 25.5 Å². The number of ketones is 1. The van der Waals surface area contributed by atoms with Crippen LogP contribution in [0.1, 0.15) is 58.4 Å². The summed E-state index contributed by atoms with van der Waals surface area (Å²) in [5, 5.41) is 6.44. The normalized spacial score (nSPS) is 17.5. The number of benzene rings is 1. The zero-order chi connectivity index (χ0) is 24.7. The minimum absolute atomic E-state index is 0.00765. The molecule has 1 aromatic heterocycles. The van der Waals surface area contributed by atoms with Gasteiger partial charge in [-0.2, -0.15) is 4.98 Å². The van der Waals surface area contributed by atoms with Gasteiger partial charge in [0.2, 0.25) is 5.95 Å². The van der Waals surface area contributed by atoms with E-state index >= 15 is 0 Å². The van der Waals surface area contributed by atoms with Crippen molar-refractivity contribution in [3.63, 3.8) is 0 Å². The van der Waals surface area contributed by atoms with Crippen molar-refractivity contribution in [2.45, 2.75) is 45.1 Å². The first-order valence-corrected chi connectivity index (χ1v) is 11.1. The maximum absolute atomic E-state index is 12.1. The number of nitrogens with two attached hydrogens (primary N) is 1. The molecule has 0 spiro atoms. The summed E-state index contributed by atoms with van der Waals surface area (Å²) in [6, 6.07) is 5.07. The summed E-state index contributed by atoms with van der Waals surface area (Å²) in [6.45, 7) is 5.44. The zero-order valence-electron chi connectivity index (χ0n) is 19.4. The Bertz CT molecular complexity index is 1090. The lowest BCUT2D eigenvalue weighted by Crippen LogP contribution is -2.34. The Morgan fingerprint density at radius 3 is 2.74 bits per heavy atom. The summed E-state index contributed by atoms with van der Waals surface area (Å²) in [7, 11) is 1.36. The van der Waals surface area contributed by atoms with Crippen LogP contribution in [0, 0.1) is 12.8 Å². The Kier molecular flexibility index (Phi) is 8.31. The maximum Gasteiger partial charge on any atom is 0.274 e. The van der Waals surface area contributed by atoms with Gasteiger partial charge in [0, 0.05) is 29.9 Å². The largest absolute Gasteiger partial charge is 0.366 e. The summed E-state index contributed by atoms with van der Waals surface area (Å²) in [6.07, 6.45) is 6.89. The van der Waals surface area contributed by atoms with E-state index in [0.717, 1.165) is 31.2 Å². The van der Waals surface area contributed by atoms with E-state index in [2.05, 4.69) is 37.5 Å². The van der Waals surface area contributed by atoms with Gasteiger partial charge in [-0.05, 0) is 49.5 Å². The maximum atomic E-state index is 12.1. The van der Waals surface area contributed by atoms with Gasteiger partial charge in [0.25, 0.3) is 11.8 Å². The Labute approximate surface area is 198 Å². The number of hydrogen-bond donors (Lipinski definition) is 4. The highest BCUT2D eigenvalue weighted by Crippen LogP contribution is 2.31. The van der Waals surface area contributed by atoms with Crippen molar-refractivity contribution in [2.24, 2.45) is 11.7 Å². The van der Waals surface area contributed by atoms with E-state index in [0.29, 0.717) is 23.5 Å². The average Bonchev–Trinajstić information content (AvgIpc) is 2.81. The van der Waals surface area contributed by atoms with Crippen molar-refractivity contribution in [1.82, 2.24) is 15.4 Å². The summed E-state index contributed by atoms with van der Waals surface area (Å²) in [5.41, 5.74) is 9.87. The minimum atomic E-state index is -0.655. The lowest BCUT2D eigenvalue weighted by atomic mass is 9.81. The van der Waals surface area contributed by atoms with E-state index < -0.39 is 11.8 Å². The predicted octanol–water partition coefficient (Wildman–Crippen LogP) is 3.03. The van der Waals surface area contributed by atoms with Crippen LogP contribution < -0.4 is 21.8 Å². The van der Waals surface area contributed by atoms with Crippen LogP contribution in [0.4, 0.5) is 17.5 Å². The number of primary amides is 1. The van der Waals surface area contributed by atoms with Gasteiger partial charge >= 0.3 is 0 Å². The molecule has 1 aliphatic carbocycles. The van der Waals surface area contributed by atoms with E-state index in [9.17, 15) is 14.4 Å². The van der Waals surface area contributed by atoms with Gasteiger partial charge < -0.3 is 16.4 Å². The molecule has 1 saturated carbocycles. The lowest BCUT2D eigenvalue weighted by molar-refractivity contribution is -0.115. The number of anilines is 3. The second kappa shape index (κ2) is 11.4. The molecule has 3 rings (SSSR count). The van der Waals surface area contributed by atoms with Crippen LogP contribution >= 0.6 is 0 Å². The number of hydrogen-bond acceptors (Lipinski definition) is 8. The topological polar surface area (TPSA) is 148 Å². The number of aromatic nitrogens is 2. The van der Waals surface area contributed by atoms with Crippen LogP contribution in [0.2, 0.25) is 0 Å². The molecule has 1 aromatic carbocycles. The third kappa shape index (κ3) is 6.16.